The quantitative estimate of drug-likeness (QED) is 0.261. The van der Waals surface area contributed by atoms with E-state index in [0.29, 0.717) is 13.0 Å². The lowest BCUT2D eigenvalue weighted by atomic mass is 9.67. The largest absolute Gasteiger partial charge is 0.426 e. The van der Waals surface area contributed by atoms with Gasteiger partial charge in [0.15, 0.2) is 0 Å². The molecule has 0 amide bonds. The van der Waals surface area contributed by atoms with Crippen molar-refractivity contribution in [3.63, 3.8) is 0 Å². The molecule has 0 bridgehead atoms. The monoisotopic (exact) mass is 630 g/mol. The van der Waals surface area contributed by atoms with E-state index in [2.05, 4.69) is 80.4 Å². The van der Waals surface area contributed by atoms with E-state index in [4.69, 9.17) is 9.92 Å². The van der Waals surface area contributed by atoms with E-state index in [-0.39, 0.29) is 17.9 Å². The van der Waals surface area contributed by atoms with Crippen molar-refractivity contribution in [1.29, 1.82) is 5.26 Å². The molecule has 9 nitrogen and oxygen atoms in total. The number of benzene rings is 2. The van der Waals surface area contributed by atoms with Gasteiger partial charge in [-0.3, -0.25) is 9.69 Å². The molecule has 1 radical (unpaired) electrons. The van der Waals surface area contributed by atoms with Crippen molar-refractivity contribution in [3.8, 4) is 6.07 Å². The molecule has 0 spiro atoms. The first-order valence-corrected chi connectivity index (χ1v) is 14.9. The van der Waals surface area contributed by atoms with E-state index in [1.807, 2.05) is 58.3 Å². The highest BCUT2D eigenvalue weighted by Crippen LogP contribution is 2.47. The van der Waals surface area contributed by atoms with Crippen LogP contribution in [0, 0.1) is 23.2 Å². The second-order valence-corrected chi connectivity index (χ2v) is 12.9. The predicted octanol–water partition coefficient (Wildman–Crippen LogP) is 4.17. The van der Waals surface area contributed by atoms with Crippen LogP contribution in [0.4, 0.5) is 5.69 Å². The Balaban J connectivity index is 1.60. The van der Waals surface area contributed by atoms with Crippen LogP contribution in [-0.2, 0) is 18.1 Å². The van der Waals surface area contributed by atoms with Crippen LogP contribution in [0.1, 0.15) is 57.4 Å². The summed E-state index contributed by atoms with van der Waals surface area (Å²) in [4.78, 5) is 0. The summed E-state index contributed by atoms with van der Waals surface area (Å²) in [5, 5.41) is 31.1. The summed E-state index contributed by atoms with van der Waals surface area (Å²) < 4.78 is 9.29. The van der Waals surface area contributed by atoms with E-state index in [1.165, 1.54) is 0 Å². The molecule has 42 heavy (non-hydrogen) atoms. The molecule has 4 atom stereocenters. The number of rotatable bonds is 9. The van der Waals surface area contributed by atoms with Gasteiger partial charge in [0.25, 0.3) is 0 Å². The minimum absolute atomic E-state index is 0.0479. The molecule has 2 aliphatic rings. The predicted molar refractivity (Wildman–Crippen MR) is 169 cm³/mol. The van der Waals surface area contributed by atoms with Crippen LogP contribution < -0.4 is 21.7 Å². The van der Waals surface area contributed by atoms with Crippen molar-refractivity contribution in [2.75, 3.05) is 11.9 Å². The third-order valence-electron chi connectivity index (χ3n) is 8.88. The third kappa shape index (κ3) is 5.81. The molecule has 4 N–H and O–H groups in total. The second kappa shape index (κ2) is 11.8. The standard InChI is InChI=1S/C31H38BBrN7O2/c1-19(31(5,30(3,4)41)42-32-22-16-35-39(6)17-22)27-18-40-29(20(2)37-38-40)25-12-9-23(33)15-26(25)28(27)36-24-10-7-21(8-11-24)13-14-34/h7-12,15-17,19,27-28,36-38,41H,13,18H2,1-6H3/t19-,27?,28?,31?/m0/s1. The molecular formula is C31H38BBrN7O2. The zero-order valence-corrected chi connectivity index (χ0v) is 26.5. The molecule has 5 rings (SSSR count). The normalized spacial score (nSPS) is 20.5. The van der Waals surface area contributed by atoms with E-state index in [9.17, 15) is 5.11 Å². The number of nitriles is 1. The van der Waals surface area contributed by atoms with Crippen LogP contribution >= 0.6 is 15.9 Å². The van der Waals surface area contributed by atoms with E-state index in [0.717, 1.165) is 43.7 Å². The molecule has 3 unspecified atom stereocenters. The molecule has 3 heterocycles. The van der Waals surface area contributed by atoms with E-state index in [1.54, 1.807) is 18.4 Å². The van der Waals surface area contributed by atoms with Crippen molar-refractivity contribution < 1.29 is 9.76 Å². The van der Waals surface area contributed by atoms with Crippen LogP contribution in [0.15, 0.2) is 65.0 Å². The Morgan fingerprint density at radius 1 is 1.26 bits per heavy atom. The van der Waals surface area contributed by atoms with Gasteiger partial charge in [-0.05, 0) is 74.5 Å². The lowest BCUT2D eigenvalue weighted by Crippen LogP contribution is -2.59. The number of allylic oxidation sites excluding steroid dienone is 1. The lowest BCUT2D eigenvalue weighted by Gasteiger charge is -2.49. The Hall–Kier alpha value is -3.30. The Morgan fingerprint density at radius 3 is 2.64 bits per heavy atom. The van der Waals surface area contributed by atoms with Crippen LogP contribution in [0.3, 0.4) is 0 Å². The summed E-state index contributed by atoms with van der Waals surface area (Å²) in [7, 11) is 3.56. The van der Waals surface area contributed by atoms with E-state index >= 15 is 0 Å². The first kappa shape index (κ1) is 30.2. The van der Waals surface area contributed by atoms with Gasteiger partial charge in [-0.2, -0.15) is 10.4 Å². The SMILES string of the molecule is CC1=C2c3ccc(Br)cc3C(Nc3ccc(CC#N)cc3)C([C@H](C)C(C)(O[B]c3cnn(C)c3)C(C)(C)O)CN2NN1. The maximum Gasteiger partial charge on any atom is 0.334 e. The fraction of sp³-hybridized carbons (Fsp3) is 0.419. The highest BCUT2D eigenvalue weighted by molar-refractivity contribution is 9.10. The van der Waals surface area contributed by atoms with Crippen molar-refractivity contribution in [2.24, 2.45) is 18.9 Å². The molecule has 219 valence electrons. The summed E-state index contributed by atoms with van der Waals surface area (Å²) in [6, 6.07) is 16.5. The van der Waals surface area contributed by atoms with Crippen molar-refractivity contribution in [3.05, 3.63) is 81.7 Å². The Labute approximate surface area is 257 Å². The Bertz CT molecular complexity index is 1510. The maximum absolute atomic E-state index is 11.6. The summed E-state index contributed by atoms with van der Waals surface area (Å²) in [6.45, 7) is 10.5. The summed E-state index contributed by atoms with van der Waals surface area (Å²) in [6.07, 6.45) is 4.00. The first-order chi connectivity index (χ1) is 19.9. The lowest BCUT2D eigenvalue weighted by molar-refractivity contribution is -0.144. The highest BCUT2D eigenvalue weighted by atomic mass is 79.9. The van der Waals surface area contributed by atoms with Gasteiger partial charge >= 0.3 is 7.48 Å². The molecule has 0 fully saturated rings. The van der Waals surface area contributed by atoms with Crippen molar-refractivity contribution >= 4 is 40.3 Å². The Morgan fingerprint density at radius 2 is 2.00 bits per heavy atom. The zero-order chi connectivity index (χ0) is 30.2. The van der Waals surface area contributed by atoms with Gasteiger partial charge in [-0.25, -0.2) is 0 Å². The molecule has 0 aliphatic carbocycles. The van der Waals surface area contributed by atoms with Gasteiger partial charge in [-0.15, -0.1) is 5.53 Å². The topological polar surface area (TPSA) is 110 Å². The highest BCUT2D eigenvalue weighted by Gasteiger charge is 2.51. The van der Waals surface area contributed by atoms with Crippen LogP contribution in [0.5, 0.6) is 0 Å². The molecule has 11 heteroatoms. The van der Waals surface area contributed by atoms with Crippen LogP contribution in [-0.4, -0.2) is 45.1 Å². The molecule has 0 saturated carbocycles. The van der Waals surface area contributed by atoms with Crippen molar-refractivity contribution in [2.45, 2.75) is 58.3 Å². The number of nitrogens with zero attached hydrogens (tertiary/aromatic N) is 4. The third-order valence-corrected chi connectivity index (χ3v) is 9.37. The summed E-state index contributed by atoms with van der Waals surface area (Å²) in [5.74, 6) is -0.206. The van der Waals surface area contributed by atoms with E-state index < -0.39 is 11.2 Å². The van der Waals surface area contributed by atoms with Gasteiger partial charge in [-0.1, -0.05) is 41.1 Å². The number of aliphatic hydroxyl groups is 1. The first-order valence-electron chi connectivity index (χ1n) is 14.2. The number of anilines is 1. The smallest absolute Gasteiger partial charge is 0.334 e. The minimum Gasteiger partial charge on any atom is -0.426 e. The van der Waals surface area contributed by atoms with Crippen LogP contribution in [0.25, 0.3) is 5.70 Å². The number of hydrazine groups is 2. The average Bonchev–Trinajstić information content (AvgIpc) is 3.50. The Kier molecular flexibility index (Phi) is 8.45. The molecule has 3 aromatic rings. The average molecular weight is 631 g/mol. The molecule has 0 saturated heterocycles. The number of halogens is 1. The van der Waals surface area contributed by atoms with Gasteiger partial charge in [0.2, 0.25) is 0 Å². The number of aryl methyl sites for hydroxylation is 1. The second-order valence-electron chi connectivity index (χ2n) is 12.0. The van der Waals surface area contributed by atoms with Crippen molar-refractivity contribution in [1.82, 2.24) is 25.7 Å². The molecule has 2 aliphatic heterocycles. The van der Waals surface area contributed by atoms with Gasteiger partial charge in [0.1, 0.15) is 0 Å². The number of nitrogens with one attached hydrogen (secondary N) is 3. The molecular weight excluding hydrogens is 593 g/mol. The molecule has 2 aromatic carbocycles. The summed E-state index contributed by atoms with van der Waals surface area (Å²) in [5.41, 5.74) is 11.6. The van der Waals surface area contributed by atoms with Gasteiger partial charge in [0, 0.05) is 47.6 Å². The maximum atomic E-state index is 11.6. The fourth-order valence-corrected chi connectivity index (χ4v) is 6.42. The van der Waals surface area contributed by atoms with Crippen LogP contribution in [0.2, 0.25) is 0 Å². The number of hydrogen-bond acceptors (Lipinski definition) is 8. The minimum atomic E-state index is -1.19. The fourth-order valence-electron chi connectivity index (χ4n) is 6.04. The number of fused-ring (bicyclic) bond motifs is 3. The number of aromatic nitrogens is 2. The van der Waals surface area contributed by atoms with Gasteiger partial charge < -0.3 is 20.5 Å². The number of hydrogen-bond donors (Lipinski definition) is 4. The molecule has 1 aromatic heterocycles. The zero-order valence-electron chi connectivity index (χ0n) is 24.9. The summed E-state index contributed by atoms with van der Waals surface area (Å²) >= 11 is 3.73. The van der Waals surface area contributed by atoms with Gasteiger partial charge in [0.05, 0.1) is 41.1 Å².